The molecule has 2 saturated heterocycles. The van der Waals surface area contributed by atoms with Gasteiger partial charge in [0, 0.05) is 35.0 Å². The summed E-state index contributed by atoms with van der Waals surface area (Å²) in [7, 11) is -7.18. The van der Waals surface area contributed by atoms with Gasteiger partial charge in [-0.05, 0) is 89.5 Å². The second kappa shape index (κ2) is 21.1. The van der Waals surface area contributed by atoms with Gasteiger partial charge in [-0.15, -0.1) is 0 Å². The number of hydrogen-bond acceptors (Lipinski definition) is 2. The van der Waals surface area contributed by atoms with Gasteiger partial charge in [0.05, 0.1) is 10.9 Å². The molecule has 4 aromatic carbocycles. The molecule has 5 aromatic rings. The zero-order valence-electron chi connectivity index (χ0n) is 30.2. The van der Waals surface area contributed by atoms with Gasteiger partial charge in [0.25, 0.3) is 0 Å². The van der Waals surface area contributed by atoms with Crippen LogP contribution in [0.2, 0.25) is 0 Å². The van der Waals surface area contributed by atoms with Crippen LogP contribution in [0.5, 0.6) is 0 Å². The fourth-order valence-corrected chi connectivity index (χ4v) is 15.2. The Hall–Kier alpha value is -3.29. The van der Waals surface area contributed by atoms with Gasteiger partial charge in [0.1, 0.15) is 0 Å². The first kappa shape index (κ1) is 41.9. The SMILES string of the molecule is C1=CCCC=CCC1.F[B-](F)(F)F.[Rh+].c1ccc([C@H]2CC[C@H](c3ccccc3)P2c2nccnc2P2[C@@H](c3ccccc3)CC[C@@H]2c2ccccc2)cc1. The van der Waals surface area contributed by atoms with Crippen molar-refractivity contribution in [2.45, 2.75) is 74.0 Å². The van der Waals surface area contributed by atoms with Gasteiger partial charge in [-0.1, -0.05) is 146 Å². The van der Waals surface area contributed by atoms with E-state index in [0.717, 1.165) is 0 Å². The number of hydrogen-bond donors (Lipinski definition) is 0. The Balaban J connectivity index is 0.000000342. The predicted octanol–water partition coefficient (Wildman–Crippen LogP) is 13.2. The molecule has 3 heterocycles. The van der Waals surface area contributed by atoms with Crippen molar-refractivity contribution in [3.8, 4) is 0 Å². The molecule has 1 aliphatic carbocycles. The standard InChI is InChI=1S/C36H34N2P2.C8H12.BF4.Rh/c1-5-13-27(14-6-1)31-21-22-32(28-15-7-2-8-16-28)39(31)35-36(38-26-25-37-35)40-33(29-17-9-3-10-18-29)23-24-34(40)30-19-11-4-12-20-30;1-2-4-6-8-7-5-3-1;2-1(3,4)5;/h1-20,25-26,31-34H,21-24H2;1-2,7-8H,3-6H2;;/q;;-1;+1/t31-,32-,33-,34-;;;/m1.../s1. The molecule has 0 bridgehead atoms. The minimum atomic E-state index is -6.00. The molecular weight excluding hydrogens is 808 g/mol. The number of nitrogens with zero attached hydrogens (tertiary/aromatic N) is 2. The van der Waals surface area contributed by atoms with E-state index in [4.69, 9.17) is 9.97 Å². The van der Waals surface area contributed by atoms with Crippen LogP contribution in [0.3, 0.4) is 0 Å². The summed E-state index contributed by atoms with van der Waals surface area (Å²) in [6, 6.07) is 44.9. The molecule has 54 heavy (non-hydrogen) atoms. The summed E-state index contributed by atoms with van der Waals surface area (Å²) in [6.45, 7) is 0. The molecule has 1 aromatic heterocycles. The Kier molecular flexibility index (Phi) is 16.4. The smallest absolute Gasteiger partial charge is 0.418 e. The molecule has 10 heteroatoms. The Labute approximate surface area is 333 Å². The van der Waals surface area contributed by atoms with Crippen molar-refractivity contribution in [2.24, 2.45) is 0 Å². The monoisotopic (exact) mass is 854 g/mol. The van der Waals surface area contributed by atoms with E-state index in [-0.39, 0.29) is 19.5 Å². The molecule has 2 nitrogen and oxygen atoms in total. The van der Waals surface area contributed by atoms with Gasteiger partial charge in [-0.2, -0.15) is 0 Å². The molecule has 2 aliphatic heterocycles. The molecule has 282 valence electrons. The topological polar surface area (TPSA) is 25.8 Å². The van der Waals surface area contributed by atoms with E-state index < -0.39 is 23.1 Å². The average Bonchev–Trinajstić information content (AvgIpc) is 3.82. The van der Waals surface area contributed by atoms with Gasteiger partial charge in [-0.25, -0.2) is 0 Å². The van der Waals surface area contributed by atoms with Crippen molar-refractivity contribution in [1.29, 1.82) is 0 Å². The van der Waals surface area contributed by atoms with E-state index in [0.29, 0.717) is 22.6 Å². The maximum atomic E-state index is 9.75. The minimum absolute atomic E-state index is 0. The molecule has 0 amide bonds. The number of halogens is 4. The summed E-state index contributed by atoms with van der Waals surface area (Å²) < 4.78 is 39.0. The summed E-state index contributed by atoms with van der Waals surface area (Å²) in [4.78, 5) is 10.6. The first-order valence-electron chi connectivity index (χ1n) is 18.6. The Morgan fingerprint density at radius 1 is 0.407 bits per heavy atom. The summed E-state index contributed by atoms with van der Waals surface area (Å²) >= 11 is 0. The van der Waals surface area contributed by atoms with Gasteiger partial charge in [-0.3, -0.25) is 9.97 Å². The van der Waals surface area contributed by atoms with E-state index >= 15 is 0 Å². The summed E-state index contributed by atoms with van der Waals surface area (Å²) in [5.41, 5.74) is 10.5. The van der Waals surface area contributed by atoms with Crippen LogP contribution in [-0.2, 0) is 19.5 Å². The first-order chi connectivity index (χ1) is 25.9. The predicted molar refractivity (Wildman–Crippen MR) is 217 cm³/mol. The number of aromatic nitrogens is 2. The molecular formula is C44H46BF4N2P2Rh. The van der Waals surface area contributed by atoms with E-state index in [1.807, 2.05) is 12.4 Å². The third-order valence-electron chi connectivity index (χ3n) is 9.99. The second-order valence-corrected chi connectivity index (χ2v) is 18.4. The summed E-state index contributed by atoms with van der Waals surface area (Å²) in [6.07, 6.45) is 22.7. The van der Waals surface area contributed by atoms with E-state index in [9.17, 15) is 17.3 Å². The van der Waals surface area contributed by atoms with Crippen LogP contribution < -0.4 is 10.9 Å². The van der Waals surface area contributed by atoms with Crippen molar-refractivity contribution >= 4 is 34.0 Å². The largest absolute Gasteiger partial charge is 1.00 e. The van der Waals surface area contributed by atoms with Crippen LogP contribution in [-0.4, -0.2) is 17.2 Å². The van der Waals surface area contributed by atoms with Crippen molar-refractivity contribution in [2.75, 3.05) is 0 Å². The van der Waals surface area contributed by atoms with Crippen LogP contribution in [0.15, 0.2) is 158 Å². The van der Waals surface area contributed by atoms with Crippen molar-refractivity contribution in [3.05, 3.63) is 180 Å². The van der Waals surface area contributed by atoms with Gasteiger partial charge >= 0.3 is 26.7 Å². The molecule has 0 unspecified atom stereocenters. The maximum absolute atomic E-state index is 9.75. The molecule has 0 radical (unpaired) electrons. The van der Waals surface area contributed by atoms with Crippen LogP contribution >= 0.6 is 15.8 Å². The van der Waals surface area contributed by atoms with E-state index in [1.54, 1.807) is 0 Å². The van der Waals surface area contributed by atoms with Crippen LogP contribution in [0.4, 0.5) is 17.3 Å². The van der Waals surface area contributed by atoms with Gasteiger partial charge in [0.2, 0.25) is 0 Å². The number of benzene rings is 4. The normalized spacial score (nSPS) is 21.4. The summed E-state index contributed by atoms with van der Waals surface area (Å²) in [5.74, 6) is 0. The molecule has 8 rings (SSSR count). The molecule has 0 spiro atoms. The van der Waals surface area contributed by atoms with Gasteiger partial charge in [0.15, 0.2) is 0 Å². The maximum Gasteiger partial charge on any atom is 1.00 e. The third-order valence-corrected chi connectivity index (χ3v) is 16.7. The molecule has 0 saturated carbocycles. The third kappa shape index (κ3) is 11.6. The Bertz CT molecular complexity index is 1640. The fourth-order valence-electron chi connectivity index (χ4n) is 7.77. The molecule has 2 fully saturated rings. The van der Waals surface area contributed by atoms with E-state index in [2.05, 4.69) is 146 Å². The zero-order chi connectivity index (χ0) is 36.9. The fraction of sp³-hybridized carbons (Fsp3) is 0.273. The molecule has 0 N–H and O–H groups in total. The average molecular weight is 855 g/mol. The van der Waals surface area contributed by atoms with Crippen molar-refractivity contribution < 1.29 is 36.7 Å². The molecule has 3 aliphatic rings. The van der Waals surface area contributed by atoms with Crippen molar-refractivity contribution in [1.82, 2.24) is 9.97 Å². The van der Waals surface area contributed by atoms with Crippen molar-refractivity contribution in [3.63, 3.8) is 0 Å². The van der Waals surface area contributed by atoms with Crippen LogP contribution in [0.25, 0.3) is 0 Å². The number of allylic oxidation sites excluding steroid dienone is 4. The molecule has 4 atom stereocenters. The van der Waals surface area contributed by atoms with Crippen LogP contribution in [0.1, 0.15) is 96.3 Å². The Morgan fingerprint density at radius 2 is 0.630 bits per heavy atom. The quantitative estimate of drug-likeness (QED) is 0.0736. The first-order valence-corrected chi connectivity index (χ1v) is 21.6. The number of rotatable bonds is 6. The van der Waals surface area contributed by atoms with Gasteiger partial charge < -0.3 is 17.3 Å². The second-order valence-electron chi connectivity index (χ2n) is 13.5. The van der Waals surface area contributed by atoms with E-state index in [1.165, 1.54) is 84.5 Å². The zero-order valence-corrected chi connectivity index (χ0v) is 33.6. The Morgan fingerprint density at radius 3 is 0.852 bits per heavy atom. The van der Waals surface area contributed by atoms with Crippen LogP contribution in [0, 0.1) is 0 Å². The minimum Gasteiger partial charge on any atom is -0.418 e. The summed E-state index contributed by atoms with van der Waals surface area (Å²) in [5, 5.41) is 0.